The zero-order valence-corrected chi connectivity index (χ0v) is 12.1. The lowest BCUT2D eigenvalue weighted by molar-refractivity contribution is -0.104. The number of H-pyrrole nitrogens is 1. The number of hydrogen-bond acceptors (Lipinski definition) is 4. The van der Waals surface area contributed by atoms with E-state index in [4.69, 9.17) is 4.74 Å². The number of rotatable bonds is 5. The van der Waals surface area contributed by atoms with Crippen molar-refractivity contribution in [2.24, 2.45) is 0 Å². The first kappa shape index (κ1) is 14.7. The molecular weight excluding hydrogens is 294 g/mol. The van der Waals surface area contributed by atoms with Gasteiger partial charge in [0, 0.05) is 17.0 Å². The van der Waals surface area contributed by atoms with Gasteiger partial charge in [0.25, 0.3) is 0 Å². The van der Waals surface area contributed by atoms with Crippen LogP contribution in [0.5, 0.6) is 5.75 Å². The number of benzene rings is 2. The standard InChI is InChI=1S/C18H13NO4/c20-10-15(21)13-6-8-16(18-14(13)7-9-17(22)19-18)23-11-12-4-2-1-3-5-12/h1-10H,11H2,(H,19,22). The fourth-order valence-electron chi connectivity index (χ4n) is 2.36. The molecule has 0 saturated carbocycles. The highest BCUT2D eigenvalue weighted by Gasteiger charge is 2.13. The summed E-state index contributed by atoms with van der Waals surface area (Å²) in [7, 11) is 0. The first-order chi connectivity index (χ1) is 11.2. The van der Waals surface area contributed by atoms with Gasteiger partial charge in [0.05, 0.1) is 5.52 Å². The minimum atomic E-state index is -0.642. The fraction of sp³-hybridized carbons (Fsp3) is 0.0556. The Bertz CT molecular complexity index is 929. The van der Waals surface area contributed by atoms with Crippen LogP contribution < -0.4 is 10.3 Å². The molecule has 5 nitrogen and oxygen atoms in total. The molecule has 0 atom stereocenters. The number of fused-ring (bicyclic) bond motifs is 1. The van der Waals surface area contributed by atoms with E-state index in [0.717, 1.165) is 5.56 Å². The van der Waals surface area contributed by atoms with E-state index in [9.17, 15) is 14.4 Å². The molecule has 1 N–H and O–H groups in total. The predicted octanol–water partition coefficient (Wildman–Crippen LogP) is 2.49. The Balaban J connectivity index is 2.04. The molecule has 0 saturated heterocycles. The SMILES string of the molecule is O=CC(=O)c1ccc(OCc2ccccc2)c2[nH]c(=O)ccc12. The largest absolute Gasteiger partial charge is 0.487 e. The third-order valence-electron chi connectivity index (χ3n) is 3.47. The van der Waals surface area contributed by atoms with Gasteiger partial charge in [-0.2, -0.15) is 0 Å². The van der Waals surface area contributed by atoms with Crippen molar-refractivity contribution >= 4 is 23.0 Å². The van der Waals surface area contributed by atoms with Crippen molar-refractivity contribution in [3.05, 3.63) is 76.1 Å². The highest BCUT2D eigenvalue weighted by molar-refractivity contribution is 6.36. The minimum absolute atomic E-state index is 0.235. The quantitative estimate of drug-likeness (QED) is 0.446. The van der Waals surface area contributed by atoms with Gasteiger partial charge in [-0.05, 0) is 23.8 Å². The summed E-state index contributed by atoms with van der Waals surface area (Å²) in [5.74, 6) is -0.194. The molecule has 3 rings (SSSR count). The summed E-state index contributed by atoms with van der Waals surface area (Å²) in [6.45, 7) is 0.327. The van der Waals surface area contributed by atoms with E-state index in [0.29, 0.717) is 23.3 Å². The van der Waals surface area contributed by atoms with E-state index in [2.05, 4.69) is 4.98 Å². The number of aldehydes is 1. The number of Topliss-reactive ketones (excluding diaryl/α,β-unsaturated/α-hetero) is 1. The van der Waals surface area contributed by atoms with Crippen molar-refractivity contribution < 1.29 is 14.3 Å². The van der Waals surface area contributed by atoms with Gasteiger partial charge in [0.15, 0.2) is 6.29 Å². The third-order valence-corrected chi connectivity index (χ3v) is 3.47. The molecule has 23 heavy (non-hydrogen) atoms. The highest BCUT2D eigenvalue weighted by Crippen LogP contribution is 2.26. The molecule has 0 aliphatic rings. The zero-order chi connectivity index (χ0) is 16.2. The Morgan fingerprint density at radius 2 is 1.83 bits per heavy atom. The molecule has 3 aromatic rings. The maximum Gasteiger partial charge on any atom is 0.248 e. The van der Waals surface area contributed by atoms with E-state index >= 15 is 0 Å². The van der Waals surface area contributed by atoms with Gasteiger partial charge in [-0.3, -0.25) is 14.4 Å². The molecule has 0 spiro atoms. The molecule has 0 bridgehead atoms. The summed E-state index contributed by atoms with van der Waals surface area (Å²) >= 11 is 0. The van der Waals surface area contributed by atoms with Crippen LogP contribution in [0.1, 0.15) is 15.9 Å². The lowest BCUT2D eigenvalue weighted by atomic mass is 10.0. The zero-order valence-electron chi connectivity index (χ0n) is 12.1. The number of nitrogens with one attached hydrogen (secondary N) is 1. The Kier molecular flexibility index (Phi) is 4.01. The second-order valence-corrected chi connectivity index (χ2v) is 4.98. The number of carbonyl (C=O) groups is 2. The van der Waals surface area contributed by atoms with Crippen LogP contribution in [-0.4, -0.2) is 17.1 Å². The summed E-state index contributed by atoms with van der Waals surface area (Å²) in [6.07, 6.45) is 0.254. The summed E-state index contributed by atoms with van der Waals surface area (Å²) in [6, 6.07) is 15.5. The molecule has 1 aromatic heterocycles. The van der Waals surface area contributed by atoms with E-state index in [1.165, 1.54) is 18.2 Å². The number of pyridine rings is 1. The van der Waals surface area contributed by atoms with Crippen molar-refractivity contribution in [3.8, 4) is 5.75 Å². The molecule has 0 radical (unpaired) electrons. The van der Waals surface area contributed by atoms with E-state index < -0.39 is 5.78 Å². The highest BCUT2D eigenvalue weighted by atomic mass is 16.5. The summed E-state index contributed by atoms with van der Waals surface area (Å²) in [5, 5.41) is 0.479. The predicted molar refractivity (Wildman–Crippen MR) is 85.7 cm³/mol. The second kappa shape index (κ2) is 6.27. The van der Waals surface area contributed by atoms with Crippen LogP contribution in [0.25, 0.3) is 10.9 Å². The van der Waals surface area contributed by atoms with Crippen molar-refractivity contribution in [2.75, 3.05) is 0 Å². The Morgan fingerprint density at radius 3 is 2.57 bits per heavy atom. The molecule has 2 aromatic carbocycles. The van der Waals surface area contributed by atoms with Gasteiger partial charge < -0.3 is 9.72 Å². The third kappa shape index (κ3) is 3.03. The lowest BCUT2D eigenvalue weighted by Gasteiger charge is -2.11. The summed E-state index contributed by atoms with van der Waals surface area (Å²) in [5.41, 5.74) is 1.31. The molecule has 0 unspecified atom stereocenters. The van der Waals surface area contributed by atoms with Gasteiger partial charge in [-0.1, -0.05) is 30.3 Å². The number of aromatic amines is 1. The smallest absolute Gasteiger partial charge is 0.248 e. The molecule has 0 fully saturated rings. The van der Waals surface area contributed by atoms with E-state index in [1.807, 2.05) is 30.3 Å². The molecule has 1 heterocycles. The van der Waals surface area contributed by atoms with Crippen LogP contribution in [-0.2, 0) is 11.4 Å². The Morgan fingerprint density at radius 1 is 1.04 bits per heavy atom. The number of aromatic nitrogens is 1. The van der Waals surface area contributed by atoms with Gasteiger partial charge >= 0.3 is 0 Å². The average Bonchev–Trinajstić information content (AvgIpc) is 2.59. The number of carbonyl (C=O) groups excluding carboxylic acids is 2. The van der Waals surface area contributed by atoms with Crippen LogP contribution in [0.2, 0.25) is 0 Å². The fourth-order valence-corrected chi connectivity index (χ4v) is 2.36. The summed E-state index contributed by atoms with van der Waals surface area (Å²) < 4.78 is 5.76. The first-order valence-electron chi connectivity index (χ1n) is 7.01. The molecule has 0 aliphatic heterocycles. The maximum absolute atomic E-state index is 11.7. The average molecular weight is 307 g/mol. The van der Waals surface area contributed by atoms with Crippen LogP contribution in [0, 0.1) is 0 Å². The molecule has 5 heteroatoms. The number of ether oxygens (including phenoxy) is 1. The van der Waals surface area contributed by atoms with Crippen LogP contribution in [0.3, 0.4) is 0 Å². The molecular formula is C18H13NO4. The first-order valence-corrected chi connectivity index (χ1v) is 7.01. The Labute approximate surface area is 131 Å². The topological polar surface area (TPSA) is 76.2 Å². The van der Waals surface area contributed by atoms with Crippen LogP contribution in [0.4, 0.5) is 0 Å². The van der Waals surface area contributed by atoms with Crippen molar-refractivity contribution in [3.63, 3.8) is 0 Å². The number of ketones is 1. The van der Waals surface area contributed by atoms with E-state index in [-0.39, 0.29) is 17.4 Å². The Hall–Kier alpha value is -3.21. The lowest BCUT2D eigenvalue weighted by Crippen LogP contribution is -2.08. The minimum Gasteiger partial charge on any atom is -0.487 e. The van der Waals surface area contributed by atoms with Crippen molar-refractivity contribution in [1.82, 2.24) is 4.98 Å². The maximum atomic E-state index is 11.7. The van der Waals surface area contributed by atoms with Crippen molar-refractivity contribution in [1.29, 1.82) is 0 Å². The molecule has 114 valence electrons. The molecule has 0 amide bonds. The van der Waals surface area contributed by atoms with Gasteiger partial charge in [0.1, 0.15) is 12.4 Å². The van der Waals surface area contributed by atoms with Gasteiger partial charge in [0.2, 0.25) is 11.3 Å². The number of hydrogen-bond donors (Lipinski definition) is 1. The second-order valence-electron chi connectivity index (χ2n) is 4.98. The van der Waals surface area contributed by atoms with Crippen LogP contribution >= 0.6 is 0 Å². The van der Waals surface area contributed by atoms with Gasteiger partial charge in [-0.15, -0.1) is 0 Å². The van der Waals surface area contributed by atoms with Crippen molar-refractivity contribution in [2.45, 2.75) is 6.61 Å². The summed E-state index contributed by atoms with van der Waals surface area (Å²) in [4.78, 5) is 36.7. The molecule has 0 aliphatic carbocycles. The van der Waals surface area contributed by atoms with E-state index in [1.54, 1.807) is 6.07 Å². The van der Waals surface area contributed by atoms with Gasteiger partial charge in [-0.25, -0.2) is 0 Å². The monoisotopic (exact) mass is 307 g/mol. The van der Waals surface area contributed by atoms with Crippen LogP contribution in [0.15, 0.2) is 59.4 Å². The normalized spacial score (nSPS) is 10.4.